The van der Waals surface area contributed by atoms with Crippen LogP contribution in [0.5, 0.6) is 0 Å². The van der Waals surface area contributed by atoms with Crippen molar-refractivity contribution in [3.8, 4) is 0 Å². The predicted molar refractivity (Wildman–Crippen MR) is 45.5 cm³/mol. The fourth-order valence-corrected chi connectivity index (χ4v) is 1.21. The first kappa shape index (κ1) is 28.6. The zero-order valence-corrected chi connectivity index (χ0v) is 15.4. The Morgan fingerprint density at radius 2 is 0.808 bits per heavy atom. The molecular formula is C8ClF14KO2. The van der Waals surface area contributed by atoms with Crippen molar-refractivity contribution in [3.63, 3.8) is 0 Å². The van der Waals surface area contributed by atoms with Crippen molar-refractivity contribution in [2.75, 3.05) is 0 Å². The van der Waals surface area contributed by atoms with Crippen molar-refractivity contribution in [1.82, 2.24) is 0 Å². The van der Waals surface area contributed by atoms with Gasteiger partial charge in [0.25, 0.3) is 0 Å². The molecule has 0 fully saturated rings. The largest absolute Gasteiger partial charge is 1.00 e. The van der Waals surface area contributed by atoms with Crippen molar-refractivity contribution in [2.24, 2.45) is 0 Å². The van der Waals surface area contributed by atoms with Crippen molar-refractivity contribution >= 4 is 17.6 Å². The summed E-state index contributed by atoms with van der Waals surface area (Å²) in [6.45, 7) is 0. The van der Waals surface area contributed by atoms with Crippen LogP contribution in [0.3, 0.4) is 0 Å². The van der Waals surface area contributed by atoms with Gasteiger partial charge in [0.05, 0.1) is 0 Å². The van der Waals surface area contributed by atoms with Crippen molar-refractivity contribution < 1.29 is 123 Å². The van der Waals surface area contributed by atoms with Crippen LogP contribution in [0.1, 0.15) is 0 Å². The third-order valence-electron chi connectivity index (χ3n) is 2.58. The van der Waals surface area contributed by atoms with Crippen LogP contribution in [0, 0.1) is 0 Å². The molecule has 0 unspecified atom stereocenters. The van der Waals surface area contributed by atoms with E-state index in [1.165, 1.54) is 0 Å². The van der Waals surface area contributed by atoms with Gasteiger partial charge in [0.15, 0.2) is 0 Å². The second-order valence-electron chi connectivity index (χ2n) is 4.23. The van der Waals surface area contributed by atoms with Crippen LogP contribution >= 0.6 is 11.6 Å². The van der Waals surface area contributed by atoms with E-state index >= 15 is 0 Å². The van der Waals surface area contributed by atoms with Gasteiger partial charge >= 0.3 is 92.3 Å². The number of alkyl halides is 15. The number of aliphatic carboxylic acids is 1. The van der Waals surface area contributed by atoms with E-state index in [2.05, 4.69) is 11.6 Å². The van der Waals surface area contributed by atoms with Crippen LogP contribution in [-0.2, 0) is 4.79 Å². The SMILES string of the molecule is O=C([O-])C(F)(F)C(F)(F)C(F)(F)C(F)(F)C(F)(F)C(F)(F)C(F)(F)Cl.[K+]. The Bertz CT molecular complexity index is 542. The van der Waals surface area contributed by atoms with E-state index in [4.69, 9.17) is 0 Å². The number of carboxylic acid groups (broad SMARTS) is 1. The molecule has 0 saturated heterocycles. The number of hydrogen-bond donors (Lipinski definition) is 0. The molecule has 0 aliphatic heterocycles. The average molecular weight is 469 g/mol. The van der Waals surface area contributed by atoms with E-state index in [1.807, 2.05) is 0 Å². The van der Waals surface area contributed by atoms with Gasteiger partial charge in [-0.1, -0.05) is 0 Å². The summed E-state index contributed by atoms with van der Waals surface area (Å²) in [5.74, 6) is -52.2. The molecule has 0 heterocycles. The topological polar surface area (TPSA) is 40.1 Å². The summed E-state index contributed by atoms with van der Waals surface area (Å²) in [4.78, 5) is 9.65. The van der Waals surface area contributed by atoms with Gasteiger partial charge in [-0.3, -0.25) is 0 Å². The minimum atomic E-state index is -8.34. The van der Waals surface area contributed by atoms with Crippen molar-refractivity contribution in [2.45, 2.75) is 40.9 Å². The molecule has 2 nitrogen and oxygen atoms in total. The second-order valence-corrected chi connectivity index (χ2v) is 4.71. The Labute approximate surface area is 180 Å². The number of carbonyl (C=O) groups excluding carboxylic acids is 1. The van der Waals surface area contributed by atoms with Crippen molar-refractivity contribution in [3.05, 3.63) is 0 Å². The molecule has 0 radical (unpaired) electrons. The average Bonchev–Trinajstić information content (AvgIpc) is 2.35. The van der Waals surface area contributed by atoms with Crippen LogP contribution in [0.4, 0.5) is 61.5 Å². The molecule has 0 aliphatic carbocycles. The van der Waals surface area contributed by atoms with Gasteiger partial charge in [-0.05, 0) is 11.6 Å². The van der Waals surface area contributed by atoms with Gasteiger partial charge in [-0.25, -0.2) is 0 Å². The van der Waals surface area contributed by atoms with Crippen molar-refractivity contribution in [1.29, 1.82) is 0 Å². The number of carboxylic acids is 1. The molecule has 0 aromatic heterocycles. The molecule has 26 heavy (non-hydrogen) atoms. The number of carbonyl (C=O) groups is 1. The Morgan fingerprint density at radius 3 is 1.04 bits per heavy atom. The van der Waals surface area contributed by atoms with E-state index in [0.29, 0.717) is 0 Å². The summed E-state index contributed by atoms with van der Waals surface area (Å²) in [7, 11) is 0. The third-order valence-corrected chi connectivity index (χ3v) is 2.82. The van der Waals surface area contributed by atoms with Crippen LogP contribution in [0.2, 0.25) is 0 Å². The Balaban J connectivity index is 0. The van der Waals surface area contributed by atoms with Crippen LogP contribution in [-0.4, -0.2) is 46.9 Å². The molecule has 0 N–H and O–H groups in total. The Hall–Kier alpha value is 0.416. The zero-order valence-electron chi connectivity index (χ0n) is 11.5. The summed E-state index contributed by atoms with van der Waals surface area (Å²) < 4.78 is 177. The Kier molecular flexibility index (Phi) is 8.09. The standard InChI is InChI=1S/C8HClF14O2.K/c9-8(22,23)7(20,21)6(18,19)5(16,17)4(14,15)3(12,13)2(10,11)1(24)25;/h(H,24,25);/q;+1/p-1. The zero-order chi connectivity index (χ0) is 21.1. The molecule has 18 heteroatoms. The monoisotopic (exact) mass is 468 g/mol. The van der Waals surface area contributed by atoms with Gasteiger partial charge in [0, 0.05) is 0 Å². The van der Waals surface area contributed by atoms with Gasteiger partial charge < -0.3 is 9.90 Å². The maximum Gasteiger partial charge on any atom is 1.00 e. The smallest absolute Gasteiger partial charge is 0.544 e. The molecule has 0 rings (SSSR count). The fourth-order valence-electron chi connectivity index (χ4n) is 1.09. The summed E-state index contributed by atoms with van der Waals surface area (Å²) in [5, 5.41) is 2.92. The normalized spacial score (nSPS) is 15.5. The van der Waals surface area contributed by atoms with Crippen LogP contribution < -0.4 is 56.5 Å². The second kappa shape index (κ2) is 7.35. The van der Waals surface area contributed by atoms with E-state index in [9.17, 15) is 71.4 Å². The van der Waals surface area contributed by atoms with Crippen LogP contribution in [0.15, 0.2) is 0 Å². The third kappa shape index (κ3) is 3.67. The Morgan fingerprint density at radius 1 is 0.577 bits per heavy atom. The molecule has 0 spiro atoms. The van der Waals surface area contributed by atoms with E-state index in [0.717, 1.165) is 0 Å². The molecule has 0 saturated carbocycles. The molecule has 0 atom stereocenters. The summed E-state index contributed by atoms with van der Waals surface area (Å²) in [6.07, 6.45) is 0. The van der Waals surface area contributed by atoms with E-state index in [1.54, 1.807) is 0 Å². The molecule has 0 aliphatic rings. The van der Waals surface area contributed by atoms with Gasteiger partial charge in [-0.15, -0.1) is 0 Å². The van der Waals surface area contributed by atoms with Gasteiger partial charge in [0.2, 0.25) is 0 Å². The minimum absolute atomic E-state index is 0. The first-order valence-corrected chi connectivity index (χ1v) is 5.37. The first-order valence-electron chi connectivity index (χ1n) is 4.99. The molecule has 150 valence electrons. The first-order chi connectivity index (χ1) is 10.4. The fraction of sp³-hybridized carbons (Fsp3) is 0.875. The molecule has 0 bridgehead atoms. The number of rotatable bonds is 7. The van der Waals surface area contributed by atoms with Crippen LogP contribution in [0.25, 0.3) is 0 Å². The molecule has 0 amide bonds. The maximum absolute atomic E-state index is 12.9. The molecule has 0 aromatic rings. The predicted octanol–water partition coefficient (Wildman–Crippen LogP) is 0.384. The van der Waals surface area contributed by atoms with Gasteiger partial charge in [-0.2, -0.15) is 61.5 Å². The quantitative estimate of drug-likeness (QED) is 0.308. The van der Waals surface area contributed by atoms with E-state index in [-0.39, 0.29) is 51.4 Å². The number of hydrogen-bond acceptors (Lipinski definition) is 2. The maximum atomic E-state index is 12.9. The summed E-state index contributed by atoms with van der Waals surface area (Å²) >= 11 is 3.34. The molecular weight excluding hydrogens is 469 g/mol. The summed E-state index contributed by atoms with van der Waals surface area (Å²) in [6, 6.07) is 0. The molecule has 0 aromatic carbocycles. The minimum Gasteiger partial charge on any atom is -0.544 e. The summed E-state index contributed by atoms with van der Waals surface area (Å²) in [5.41, 5.74) is 0. The van der Waals surface area contributed by atoms with Gasteiger partial charge in [0.1, 0.15) is 5.97 Å². The number of halogens is 15. The van der Waals surface area contributed by atoms with E-state index < -0.39 is 46.9 Å².